The van der Waals surface area contributed by atoms with E-state index in [9.17, 15) is 18.3 Å². The zero-order valence-electron chi connectivity index (χ0n) is 9.07. The van der Waals surface area contributed by atoms with Crippen molar-refractivity contribution in [1.29, 1.82) is 0 Å². The van der Waals surface area contributed by atoms with Crippen molar-refractivity contribution in [2.45, 2.75) is 45.0 Å². The van der Waals surface area contributed by atoms with Crippen molar-refractivity contribution in [2.75, 3.05) is 0 Å². The Morgan fingerprint density at radius 3 is 2.56 bits per heavy atom. The summed E-state index contributed by atoms with van der Waals surface area (Å²) >= 11 is 0. The van der Waals surface area contributed by atoms with E-state index in [1.807, 2.05) is 13.8 Å². The van der Waals surface area contributed by atoms with Gasteiger partial charge in [-0.25, -0.2) is 9.67 Å². The first-order chi connectivity index (χ1) is 7.29. The molecule has 1 unspecified atom stereocenters. The maximum Gasteiger partial charge on any atom is 0.391 e. The van der Waals surface area contributed by atoms with Gasteiger partial charge >= 0.3 is 6.18 Å². The van der Waals surface area contributed by atoms with E-state index in [1.165, 1.54) is 11.0 Å². The van der Waals surface area contributed by atoms with Gasteiger partial charge in [-0.05, 0) is 13.8 Å². The summed E-state index contributed by atoms with van der Waals surface area (Å²) in [5.41, 5.74) is 0. The predicted octanol–water partition coefficient (Wildman–Crippen LogP) is 1.71. The fourth-order valence-corrected chi connectivity index (χ4v) is 1.40. The van der Waals surface area contributed by atoms with E-state index in [0.29, 0.717) is 5.82 Å². The average molecular weight is 237 g/mol. The Morgan fingerprint density at radius 2 is 2.06 bits per heavy atom. The molecule has 7 heteroatoms. The van der Waals surface area contributed by atoms with Gasteiger partial charge in [0.2, 0.25) is 0 Å². The molecule has 0 fully saturated rings. The lowest BCUT2D eigenvalue weighted by Crippen LogP contribution is -2.23. The molecule has 0 radical (unpaired) electrons. The van der Waals surface area contributed by atoms with Gasteiger partial charge in [0.1, 0.15) is 12.2 Å². The van der Waals surface area contributed by atoms with E-state index in [0.717, 1.165) is 0 Å². The highest BCUT2D eigenvalue weighted by Gasteiger charge is 2.31. The lowest BCUT2D eigenvalue weighted by molar-refractivity contribution is -0.153. The Hall–Kier alpha value is -1.11. The van der Waals surface area contributed by atoms with Crippen molar-refractivity contribution in [1.82, 2.24) is 14.8 Å². The van der Waals surface area contributed by atoms with Crippen LogP contribution >= 0.6 is 0 Å². The first-order valence-electron chi connectivity index (χ1n) is 4.93. The Labute approximate surface area is 91.1 Å². The zero-order chi connectivity index (χ0) is 12.3. The maximum absolute atomic E-state index is 12.0. The molecule has 0 spiro atoms. The molecule has 1 rings (SSSR count). The van der Waals surface area contributed by atoms with Gasteiger partial charge in [0, 0.05) is 12.5 Å². The van der Waals surface area contributed by atoms with E-state index in [4.69, 9.17) is 0 Å². The smallest absolute Gasteiger partial charge is 0.391 e. The molecule has 0 saturated heterocycles. The molecular weight excluding hydrogens is 223 g/mol. The average Bonchev–Trinajstić information content (AvgIpc) is 2.47. The number of rotatable bonds is 4. The quantitative estimate of drug-likeness (QED) is 0.867. The highest BCUT2D eigenvalue weighted by molar-refractivity contribution is 4.89. The second kappa shape index (κ2) is 4.82. The van der Waals surface area contributed by atoms with Crippen LogP contribution in [-0.4, -0.2) is 32.2 Å². The molecule has 4 nitrogen and oxygen atoms in total. The van der Waals surface area contributed by atoms with Crippen LogP contribution < -0.4 is 0 Å². The van der Waals surface area contributed by atoms with Crippen molar-refractivity contribution < 1.29 is 18.3 Å². The molecule has 0 aliphatic rings. The van der Waals surface area contributed by atoms with Gasteiger partial charge in [-0.3, -0.25) is 0 Å². The molecule has 0 aliphatic heterocycles. The summed E-state index contributed by atoms with van der Waals surface area (Å²) in [6, 6.07) is 0.00980. The molecular formula is C9H14F3N3O. The van der Waals surface area contributed by atoms with E-state index in [2.05, 4.69) is 10.1 Å². The summed E-state index contributed by atoms with van der Waals surface area (Å²) in [7, 11) is 0. The molecule has 16 heavy (non-hydrogen) atoms. The minimum Gasteiger partial charge on any atom is -0.392 e. The number of alkyl halides is 3. The molecule has 0 aliphatic carbocycles. The molecule has 0 saturated carbocycles. The highest BCUT2D eigenvalue weighted by atomic mass is 19.4. The van der Waals surface area contributed by atoms with Gasteiger partial charge < -0.3 is 5.11 Å². The Kier molecular flexibility index (Phi) is 3.90. The third kappa shape index (κ3) is 3.80. The van der Waals surface area contributed by atoms with Gasteiger partial charge in [-0.15, -0.1) is 0 Å². The summed E-state index contributed by atoms with van der Waals surface area (Å²) in [5.74, 6) is 0.367. The van der Waals surface area contributed by atoms with Gasteiger partial charge in [0.15, 0.2) is 0 Å². The minimum atomic E-state index is -4.36. The van der Waals surface area contributed by atoms with Crippen LogP contribution in [0.5, 0.6) is 0 Å². The Bertz CT molecular complexity index is 335. The number of aliphatic hydroxyl groups is 1. The summed E-state index contributed by atoms with van der Waals surface area (Å²) in [6.45, 7) is 3.68. The fourth-order valence-electron chi connectivity index (χ4n) is 1.40. The molecule has 1 heterocycles. The third-order valence-electron chi connectivity index (χ3n) is 2.02. The Morgan fingerprint density at radius 1 is 1.44 bits per heavy atom. The SMILES string of the molecule is CC(C)n1ncnc1CC(O)CC(F)(F)F. The molecule has 1 aromatic rings. The number of nitrogens with zero attached hydrogens (tertiary/aromatic N) is 3. The van der Waals surface area contributed by atoms with Crippen LogP contribution in [0.15, 0.2) is 6.33 Å². The zero-order valence-corrected chi connectivity index (χ0v) is 9.07. The topological polar surface area (TPSA) is 50.9 Å². The second-order valence-electron chi connectivity index (χ2n) is 3.89. The second-order valence-corrected chi connectivity index (χ2v) is 3.89. The lowest BCUT2D eigenvalue weighted by atomic mass is 10.1. The first kappa shape index (κ1) is 13.0. The molecule has 0 aromatic carbocycles. The number of halogens is 3. The molecule has 0 amide bonds. The largest absolute Gasteiger partial charge is 0.392 e. The third-order valence-corrected chi connectivity index (χ3v) is 2.02. The van der Waals surface area contributed by atoms with Gasteiger partial charge in [0.05, 0.1) is 12.5 Å². The minimum absolute atomic E-state index is 0.00980. The van der Waals surface area contributed by atoms with E-state index >= 15 is 0 Å². The maximum atomic E-state index is 12.0. The van der Waals surface area contributed by atoms with Crippen molar-refractivity contribution in [3.8, 4) is 0 Å². The number of aromatic nitrogens is 3. The summed E-state index contributed by atoms with van der Waals surface area (Å²) in [5, 5.41) is 13.1. The van der Waals surface area contributed by atoms with E-state index in [-0.39, 0.29) is 12.5 Å². The molecule has 0 bridgehead atoms. The van der Waals surface area contributed by atoms with Crippen LogP contribution in [0.25, 0.3) is 0 Å². The lowest BCUT2D eigenvalue weighted by Gasteiger charge is -2.14. The molecule has 1 N–H and O–H groups in total. The van der Waals surface area contributed by atoms with Crippen LogP contribution in [0.4, 0.5) is 13.2 Å². The summed E-state index contributed by atoms with van der Waals surface area (Å²) in [4.78, 5) is 3.83. The monoisotopic (exact) mass is 237 g/mol. The van der Waals surface area contributed by atoms with Crippen LogP contribution in [0.2, 0.25) is 0 Å². The number of hydrogen-bond acceptors (Lipinski definition) is 3. The van der Waals surface area contributed by atoms with Crippen molar-refractivity contribution in [2.24, 2.45) is 0 Å². The normalized spacial score (nSPS) is 14.4. The molecule has 92 valence electrons. The number of hydrogen-bond donors (Lipinski definition) is 1. The summed E-state index contributed by atoms with van der Waals surface area (Å²) < 4.78 is 37.5. The van der Waals surface area contributed by atoms with Crippen molar-refractivity contribution >= 4 is 0 Å². The van der Waals surface area contributed by atoms with E-state index in [1.54, 1.807) is 0 Å². The highest BCUT2D eigenvalue weighted by Crippen LogP contribution is 2.23. The predicted molar refractivity (Wildman–Crippen MR) is 50.8 cm³/mol. The van der Waals surface area contributed by atoms with Crippen molar-refractivity contribution in [3.05, 3.63) is 12.2 Å². The van der Waals surface area contributed by atoms with Gasteiger partial charge in [0.25, 0.3) is 0 Å². The first-order valence-corrected chi connectivity index (χ1v) is 4.93. The van der Waals surface area contributed by atoms with Crippen LogP contribution in [0, 0.1) is 0 Å². The summed E-state index contributed by atoms with van der Waals surface area (Å²) in [6.07, 6.45) is -5.92. The van der Waals surface area contributed by atoms with Gasteiger partial charge in [-0.1, -0.05) is 0 Å². The standard InChI is InChI=1S/C9H14F3N3O/c1-6(2)15-8(13-5-14-15)3-7(16)4-9(10,11)12/h5-7,16H,3-4H2,1-2H3. The fraction of sp³-hybridized carbons (Fsp3) is 0.778. The van der Waals surface area contributed by atoms with Crippen LogP contribution in [-0.2, 0) is 6.42 Å². The Balaban J connectivity index is 2.63. The van der Waals surface area contributed by atoms with E-state index < -0.39 is 18.7 Å². The van der Waals surface area contributed by atoms with Crippen LogP contribution in [0.1, 0.15) is 32.1 Å². The molecule has 1 atom stereocenters. The van der Waals surface area contributed by atoms with Crippen LogP contribution in [0.3, 0.4) is 0 Å². The van der Waals surface area contributed by atoms with Crippen molar-refractivity contribution in [3.63, 3.8) is 0 Å². The van der Waals surface area contributed by atoms with Gasteiger partial charge in [-0.2, -0.15) is 18.3 Å². The molecule has 1 aromatic heterocycles. The number of aliphatic hydroxyl groups excluding tert-OH is 1.